The Morgan fingerprint density at radius 2 is 1.97 bits per heavy atom. The molecule has 2 aliphatic heterocycles. The van der Waals surface area contributed by atoms with Gasteiger partial charge in [-0.2, -0.15) is 13.2 Å². The van der Waals surface area contributed by atoms with Gasteiger partial charge in [-0.1, -0.05) is 0 Å². The van der Waals surface area contributed by atoms with E-state index >= 15 is 0 Å². The molecule has 1 amide bonds. The molecule has 0 aliphatic carbocycles. The number of halogens is 3. The van der Waals surface area contributed by atoms with Crippen molar-refractivity contribution in [3.8, 4) is 0 Å². The lowest BCUT2D eigenvalue weighted by atomic mass is 9.83. The molecule has 0 radical (unpaired) electrons. The van der Waals surface area contributed by atoms with E-state index < -0.39 is 23.4 Å². The third-order valence-electron chi connectivity index (χ3n) is 5.59. The van der Waals surface area contributed by atoms with Gasteiger partial charge in [-0.15, -0.1) is 0 Å². The van der Waals surface area contributed by atoms with Crippen molar-refractivity contribution in [1.82, 2.24) is 19.9 Å². The third-order valence-corrected chi connectivity index (χ3v) is 5.59. The smallest absolute Gasteiger partial charge is 0.368 e. The SMILES string of the molecule is CN(C)c1ncc2c(n1)C1(CCN(C(=O)c3ccnc(C(F)(F)F)c3)CC1)OCC2. The summed E-state index contributed by atoms with van der Waals surface area (Å²) in [6, 6.07) is 2.11. The molecule has 0 saturated carbocycles. The number of likely N-dealkylation sites (tertiary alicyclic amines) is 1. The van der Waals surface area contributed by atoms with Crippen LogP contribution in [-0.2, 0) is 22.9 Å². The van der Waals surface area contributed by atoms with E-state index in [0.717, 1.165) is 29.9 Å². The molecule has 30 heavy (non-hydrogen) atoms. The Morgan fingerprint density at radius 1 is 1.23 bits per heavy atom. The van der Waals surface area contributed by atoms with E-state index in [0.29, 0.717) is 38.5 Å². The van der Waals surface area contributed by atoms with Crippen molar-refractivity contribution in [1.29, 1.82) is 0 Å². The topological polar surface area (TPSA) is 71.5 Å². The predicted octanol–water partition coefficient (Wildman–Crippen LogP) is 2.66. The van der Waals surface area contributed by atoms with Gasteiger partial charge in [-0.25, -0.2) is 9.97 Å². The number of anilines is 1. The Morgan fingerprint density at radius 3 is 2.63 bits per heavy atom. The number of rotatable bonds is 2. The first-order valence-electron chi connectivity index (χ1n) is 9.70. The van der Waals surface area contributed by atoms with Crippen LogP contribution < -0.4 is 4.90 Å². The molecule has 0 aromatic carbocycles. The number of fused-ring (bicyclic) bond motifs is 2. The minimum absolute atomic E-state index is 0.0181. The minimum Gasteiger partial charge on any atom is -0.368 e. The van der Waals surface area contributed by atoms with Crippen molar-refractivity contribution in [2.24, 2.45) is 0 Å². The molecule has 4 heterocycles. The summed E-state index contributed by atoms with van der Waals surface area (Å²) >= 11 is 0. The van der Waals surface area contributed by atoms with Gasteiger partial charge in [-0.3, -0.25) is 9.78 Å². The van der Waals surface area contributed by atoms with E-state index in [4.69, 9.17) is 9.72 Å². The zero-order valence-corrected chi connectivity index (χ0v) is 16.7. The number of hydrogen-bond acceptors (Lipinski definition) is 6. The van der Waals surface area contributed by atoms with Gasteiger partial charge >= 0.3 is 6.18 Å². The summed E-state index contributed by atoms with van der Waals surface area (Å²) < 4.78 is 44.9. The zero-order chi connectivity index (χ0) is 21.5. The summed E-state index contributed by atoms with van der Waals surface area (Å²) in [5, 5.41) is 0. The maximum atomic E-state index is 12.9. The lowest BCUT2D eigenvalue weighted by molar-refractivity contribution is -0.141. The van der Waals surface area contributed by atoms with Crippen LogP contribution in [0.1, 0.15) is 40.2 Å². The number of carbonyl (C=O) groups excluding carboxylic acids is 1. The zero-order valence-electron chi connectivity index (χ0n) is 16.7. The van der Waals surface area contributed by atoms with Crippen molar-refractivity contribution >= 4 is 11.9 Å². The van der Waals surface area contributed by atoms with Crippen molar-refractivity contribution in [3.05, 3.63) is 47.0 Å². The molecule has 1 saturated heterocycles. The van der Waals surface area contributed by atoms with E-state index in [-0.39, 0.29) is 5.56 Å². The van der Waals surface area contributed by atoms with Gasteiger partial charge in [0.1, 0.15) is 11.3 Å². The van der Waals surface area contributed by atoms with Gasteiger partial charge in [0.15, 0.2) is 0 Å². The van der Waals surface area contributed by atoms with Crippen molar-refractivity contribution < 1.29 is 22.7 Å². The van der Waals surface area contributed by atoms with Crippen LogP contribution in [0, 0.1) is 0 Å². The van der Waals surface area contributed by atoms with Gasteiger partial charge in [0.25, 0.3) is 5.91 Å². The molecule has 4 rings (SSSR count). The molecule has 0 N–H and O–H groups in total. The Hall–Kier alpha value is -2.75. The highest BCUT2D eigenvalue weighted by molar-refractivity contribution is 5.94. The molecule has 160 valence electrons. The highest BCUT2D eigenvalue weighted by atomic mass is 19.4. The minimum atomic E-state index is -4.59. The number of piperidine rings is 1. The second kappa shape index (κ2) is 7.50. The van der Waals surface area contributed by atoms with Gasteiger partial charge in [0.2, 0.25) is 5.95 Å². The molecule has 0 unspecified atom stereocenters. The van der Waals surface area contributed by atoms with Crippen LogP contribution >= 0.6 is 0 Å². The number of carbonyl (C=O) groups is 1. The quantitative estimate of drug-likeness (QED) is 0.743. The molecule has 2 aromatic rings. The molecule has 0 atom stereocenters. The fourth-order valence-corrected chi connectivity index (χ4v) is 3.97. The Kier molecular flexibility index (Phi) is 5.13. The van der Waals surface area contributed by atoms with Crippen molar-refractivity contribution in [2.75, 3.05) is 38.7 Å². The second-order valence-electron chi connectivity index (χ2n) is 7.75. The normalized spacial score (nSPS) is 18.2. The van der Waals surface area contributed by atoms with Crippen LogP contribution in [0.15, 0.2) is 24.5 Å². The summed E-state index contributed by atoms with van der Waals surface area (Å²) in [6.07, 6.45) is 0.0207. The number of aromatic nitrogens is 3. The van der Waals surface area contributed by atoms with Crippen molar-refractivity contribution in [3.63, 3.8) is 0 Å². The molecule has 2 aliphatic rings. The number of amides is 1. The molecule has 0 bridgehead atoms. The first-order valence-corrected chi connectivity index (χ1v) is 9.70. The first kappa shape index (κ1) is 20.5. The van der Waals surface area contributed by atoms with Gasteiger partial charge < -0.3 is 14.5 Å². The van der Waals surface area contributed by atoms with Gasteiger partial charge in [0.05, 0.1) is 12.3 Å². The fraction of sp³-hybridized carbons (Fsp3) is 0.500. The number of alkyl halides is 3. The van der Waals surface area contributed by atoms with Crippen LogP contribution in [0.5, 0.6) is 0 Å². The van der Waals surface area contributed by atoms with Gasteiger partial charge in [-0.05, 0) is 37.0 Å². The van der Waals surface area contributed by atoms with Crippen molar-refractivity contribution in [2.45, 2.75) is 31.0 Å². The number of pyridine rings is 1. The lowest BCUT2D eigenvalue weighted by Gasteiger charge is -2.44. The molecular weight excluding hydrogens is 399 g/mol. The summed E-state index contributed by atoms with van der Waals surface area (Å²) in [7, 11) is 3.73. The summed E-state index contributed by atoms with van der Waals surface area (Å²) in [4.78, 5) is 28.6. The summed E-state index contributed by atoms with van der Waals surface area (Å²) in [5.74, 6) is 0.152. The molecule has 10 heteroatoms. The molecule has 7 nitrogen and oxygen atoms in total. The van der Waals surface area contributed by atoms with E-state index in [2.05, 4.69) is 9.97 Å². The molecule has 1 fully saturated rings. The molecule has 2 aromatic heterocycles. The first-order chi connectivity index (χ1) is 14.2. The number of hydrogen-bond donors (Lipinski definition) is 0. The highest BCUT2D eigenvalue weighted by Gasteiger charge is 2.43. The average Bonchev–Trinajstić information content (AvgIpc) is 2.73. The Balaban J connectivity index is 1.54. The Labute approximate surface area is 171 Å². The molecular formula is C20H22F3N5O2. The largest absolute Gasteiger partial charge is 0.433 e. The summed E-state index contributed by atoms with van der Waals surface area (Å²) in [5.41, 5.74) is 0.195. The maximum absolute atomic E-state index is 12.9. The number of nitrogens with zero attached hydrogens (tertiary/aromatic N) is 5. The van der Waals surface area contributed by atoms with E-state index in [1.165, 1.54) is 6.07 Å². The van der Waals surface area contributed by atoms with Crippen LogP contribution in [-0.4, -0.2) is 59.6 Å². The average molecular weight is 421 g/mol. The standard InChI is InChI=1S/C20H22F3N5O2/c1-27(2)18-25-12-14-4-10-30-19(16(14)26-18)5-8-28(9-6-19)17(29)13-3-7-24-15(11-13)20(21,22)23/h3,7,11-12H,4-6,8-10H2,1-2H3. The van der Waals surface area contributed by atoms with E-state index in [9.17, 15) is 18.0 Å². The maximum Gasteiger partial charge on any atom is 0.433 e. The van der Waals surface area contributed by atoms with E-state index in [1.54, 1.807) is 4.90 Å². The van der Waals surface area contributed by atoms with Crippen LogP contribution in [0.2, 0.25) is 0 Å². The third kappa shape index (κ3) is 3.71. The summed E-state index contributed by atoms with van der Waals surface area (Å²) in [6.45, 7) is 1.28. The lowest BCUT2D eigenvalue weighted by Crippen LogP contribution is -2.49. The molecule has 1 spiro atoms. The second-order valence-corrected chi connectivity index (χ2v) is 7.75. The van der Waals surface area contributed by atoms with E-state index in [1.807, 2.05) is 25.2 Å². The van der Waals surface area contributed by atoms with Crippen LogP contribution in [0.4, 0.5) is 19.1 Å². The fourth-order valence-electron chi connectivity index (χ4n) is 3.97. The monoisotopic (exact) mass is 421 g/mol. The van der Waals surface area contributed by atoms with Crippen LogP contribution in [0.3, 0.4) is 0 Å². The highest BCUT2D eigenvalue weighted by Crippen LogP contribution is 2.41. The van der Waals surface area contributed by atoms with Crippen LogP contribution in [0.25, 0.3) is 0 Å². The van der Waals surface area contributed by atoms with Gasteiger partial charge in [0, 0.05) is 45.1 Å². The number of ether oxygens (including phenoxy) is 1. The predicted molar refractivity (Wildman–Crippen MR) is 102 cm³/mol. The Bertz CT molecular complexity index is 956.